The van der Waals surface area contributed by atoms with Gasteiger partial charge < -0.3 is 10.3 Å². The van der Waals surface area contributed by atoms with Gasteiger partial charge in [0.25, 0.3) is 0 Å². The summed E-state index contributed by atoms with van der Waals surface area (Å²) < 4.78 is 5.26. The highest BCUT2D eigenvalue weighted by Crippen LogP contribution is 2.41. The predicted octanol–water partition coefficient (Wildman–Crippen LogP) is 2.87. The summed E-state index contributed by atoms with van der Waals surface area (Å²) in [7, 11) is 0. The zero-order chi connectivity index (χ0) is 12.8. The van der Waals surface area contributed by atoms with Crippen LogP contribution in [0.2, 0.25) is 0 Å². The van der Waals surface area contributed by atoms with Crippen LogP contribution in [0.15, 0.2) is 28.8 Å². The molecular formula is C15H17N3O. The van der Waals surface area contributed by atoms with Crippen LogP contribution >= 0.6 is 0 Å². The maximum atomic E-state index is 6.21. The van der Waals surface area contributed by atoms with Crippen molar-refractivity contribution in [1.29, 1.82) is 0 Å². The van der Waals surface area contributed by atoms with E-state index in [1.165, 1.54) is 18.4 Å². The third-order valence-corrected chi connectivity index (χ3v) is 4.01. The average molecular weight is 255 g/mol. The summed E-state index contributed by atoms with van der Waals surface area (Å²) in [6.45, 7) is 0. The monoisotopic (exact) mass is 255 g/mol. The summed E-state index contributed by atoms with van der Waals surface area (Å²) in [4.78, 5) is 4.42. The molecule has 98 valence electrons. The van der Waals surface area contributed by atoms with E-state index in [1.807, 2.05) is 0 Å². The predicted molar refractivity (Wildman–Crippen MR) is 70.7 cm³/mol. The number of nitrogens with two attached hydrogens (primary N) is 1. The van der Waals surface area contributed by atoms with Gasteiger partial charge in [-0.05, 0) is 42.7 Å². The van der Waals surface area contributed by atoms with Crippen LogP contribution in [0.3, 0.4) is 0 Å². The van der Waals surface area contributed by atoms with Crippen molar-refractivity contribution in [3.63, 3.8) is 0 Å². The van der Waals surface area contributed by atoms with Crippen molar-refractivity contribution >= 4 is 0 Å². The second-order valence-electron chi connectivity index (χ2n) is 5.68. The van der Waals surface area contributed by atoms with E-state index in [9.17, 15) is 0 Å². The van der Waals surface area contributed by atoms with Crippen LogP contribution in [-0.2, 0) is 0 Å². The molecule has 4 nitrogen and oxygen atoms in total. The fourth-order valence-corrected chi connectivity index (χ4v) is 2.41. The molecule has 2 aliphatic carbocycles. The van der Waals surface area contributed by atoms with Gasteiger partial charge in [-0.25, -0.2) is 0 Å². The van der Waals surface area contributed by atoms with Crippen LogP contribution in [0.5, 0.6) is 0 Å². The third-order valence-electron chi connectivity index (χ3n) is 4.01. The Labute approximate surface area is 112 Å². The summed E-state index contributed by atoms with van der Waals surface area (Å²) in [5.74, 6) is 2.60. The number of hydrogen-bond donors (Lipinski definition) is 1. The molecule has 2 N–H and O–H groups in total. The zero-order valence-electron chi connectivity index (χ0n) is 10.7. The summed E-state index contributed by atoms with van der Waals surface area (Å²) in [6, 6.07) is 8.24. The molecule has 1 aromatic carbocycles. The standard InChI is InChI=1S/C15H17N3O/c16-13(14-17-15(19-18-14)12-7-8-12)11-5-3-10(4-6-11)9-1-2-9/h3-6,9,12-13H,1-2,7-8,16H2. The highest BCUT2D eigenvalue weighted by atomic mass is 16.5. The fraction of sp³-hybridized carbons (Fsp3) is 0.467. The van der Waals surface area contributed by atoms with Crippen molar-refractivity contribution in [2.75, 3.05) is 0 Å². The highest BCUT2D eigenvalue weighted by Gasteiger charge is 2.30. The molecule has 2 aliphatic rings. The number of hydrogen-bond acceptors (Lipinski definition) is 4. The molecule has 0 saturated heterocycles. The molecule has 1 heterocycles. The minimum atomic E-state index is -0.287. The van der Waals surface area contributed by atoms with Crippen LogP contribution in [0.25, 0.3) is 0 Å². The van der Waals surface area contributed by atoms with E-state index in [0.717, 1.165) is 30.2 Å². The van der Waals surface area contributed by atoms with E-state index in [0.29, 0.717) is 11.7 Å². The summed E-state index contributed by atoms with van der Waals surface area (Å²) in [5, 5.41) is 4.01. The molecule has 0 aliphatic heterocycles. The van der Waals surface area contributed by atoms with Gasteiger partial charge in [0.05, 0.1) is 6.04 Å². The van der Waals surface area contributed by atoms with Crippen molar-refractivity contribution in [2.24, 2.45) is 5.73 Å². The number of aromatic nitrogens is 2. The maximum Gasteiger partial charge on any atom is 0.229 e. The summed E-state index contributed by atoms with van der Waals surface area (Å²) in [5.41, 5.74) is 8.67. The van der Waals surface area contributed by atoms with Crippen molar-refractivity contribution < 1.29 is 4.52 Å². The van der Waals surface area contributed by atoms with Crippen LogP contribution in [0.1, 0.15) is 66.4 Å². The maximum absolute atomic E-state index is 6.21. The normalized spacial score (nSPS) is 20.5. The fourth-order valence-electron chi connectivity index (χ4n) is 2.41. The van der Waals surface area contributed by atoms with Gasteiger partial charge in [0, 0.05) is 5.92 Å². The van der Waals surface area contributed by atoms with Crippen molar-refractivity contribution in [2.45, 2.75) is 43.6 Å². The lowest BCUT2D eigenvalue weighted by Crippen LogP contribution is -2.13. The second kappa shape index (κ2) is 4.17. The lowest BCUT2D eigenvalue weighted by molar-refractivity contribution is 0.372. The van der Waals surface area contributed by atoms with Crippen LogP contribution in [0, 0.1) is 0 Å². The van der Waals surface area contributed by atoms with Gasteiger partial charge in [-0.3, -0.25) is 0 Å². The zero-order valence-corrected chi connectivity index (χ0v) is 10.7. The minimum absolute atomic E-state index is 0.287. The van der Waals surface area contributed by atoms with Gasteiger partial charge in [-0.1, -0.05) is 29.4 Å². The number of rotatable bonds is 4. The lowest BCUT2D eigenvalue weighted by Gasteiger charge is -2.08. The molecule has 4 heteroatoms. The Morgan fingerprint density at radius 3 is 2.37 bits per heavy atom. The first-order chi connectivity index (χ1) is 9.31. The topological polar surface area (TPSA) is 64.9 Å². The molecule has 4 rings (SSSR count). The second-order valence-corrected chi connectivity index (χ2v) is 5.68. The van der Waals surface area contributed by atoms with E-state index in [4.69, 9.17) is 10.3 Å². The SMILES string of the molecule is NC(c1ccc(C2CC2)cc1)c1noc(C2CC2)n1. The quantitative estimate of drug-likeness (QED) is 0.912. The smallest absolute Gasteiger partial charge is 0.229 e. The first kappa shape index (κ1) is 11.2. The number of nitrogens with zero attached hydrogens (tertiary/aromatic N) is 2. The largest absolute Gasteiger partial charge is 0.339 e. The van der Waals surface area contributed by atoms with Crippen molar-refractivity contribution in [3.8, 4) is 0 Å². The summed E-state index contributed by atoms with van der Waals surface area (Å²) >= 11 is 0. The van der Waals surface area contributed by atoms with E-state index in [-0.39, 0.29) is 6.04 Å². The van der Waals surface area contributed by atoms with Gasteiger partial charge >= 0.3 is 0 Å². The molecule has 19 heavy (non-hydrogen) atoms. The van der Waals surface area contributed by atoms with E-state index in [2.05, 4.69) is 34.4 Å². The Morgan fingerprint density at radius 1 is 1.05 bits per heavy atom. The van der Waals surface area contributed by atoms with E-state index < -0.39 is 0 Å². The molecule has 2 fully saturated rings. The molecule has 2 saturated carbocycles. The van der Waals surface area contributed by atoms with Gasteiger partial charge in [0.15, 0.2) is 5.82 Å². The molecular weight excluding hydrogens is 238 g/mol. The van der Waals surface area contributed by atoms with Crippen molar-refractivity contribution in [1.82, 2.24) is 10.1 Å². The number of benzene rings is 1. The molecule has 0 bridgehead atoms. The highest BCUT2D eigenvalue weighted by molar-refractivity contribution is 5.31. The molecule has 0 spiro atoms. The van der Waals surface area contributed by atoms with E-state index >= 15 is 0 Å². The Kier molecular flexibility index (Phi) is 2.45. The summed E-state index contributed by atoms with van der Waals surface area (Å²) in [6.07, 6.45) is 4.96. The van der Waals surface area contributed by atoms with Gasteiger partial charge in [-0.2, -0.15) is 4.98 Å². The minimum Gasteiger partial charge on any atom is -0.339 e. The first-order valence-electron chi connectivity index (χ1n) is 7.00. The van der Waals surface area contributed by atoms with Crippen molar-refractivity contribution in [3.05, 3.63) is 47.1 Å². The molecule has 1 atom stereocenters. The molecule has 1 unspecified atom stereocenters. The third kappa shape index (κ3) is 2.16. The molecule has 2 aromatic rings. The lowest BCUT2D eigenvalue weighted by atomic mass is 10.0. The first-order valence-corrected chi connectivity index (χ1v) is 7.00. The molecule has 0 amide bonds. The van der Waals surface area contributed by atoms with Crippen LogP contribution in [0.4, 0.5) is 0 Å². The van der Waals surface area contributed by atoms with Crippen LogP contribution < -0.4 is 5.73 Å². The molecule has 1 aromatic heterocycles. The van der Waals surface area contributed by atoms with Crippen LogP contribution in [-0.4, -0.2) is 10.1 Å². The van der Waals surface area contributed by atoms with E-state index in [1.54, 1.807) is 0 Å². The average Bonchev–Trinajstić information content (AvgIpc) is 3.37. The Morgan fingerprint density at radius 2 is 1.74 bits per heavy atom. The Bertz CT molecular complexity index is 582. The molecule has 0 radical (unpaired) electrons. The van der Waals surface area contributed by atoms with Gasteiger partial charge in [-0.15, -0.1) is 0 Å². The Balaban J connectivity index is 1.55. The van der Waals surface area contributed by atoms with Gasteiger partial charge in [0.2, 0.25) is 5.89 Å². The van der Waals surface area contributed by atoms with Gasteiger partial charge in [0.1, 0.15) is 0 Å². The Hall–Kier alpha value is -1.68.